The number of pyridine rings is 1. The van der Waals surface area contributed by atoms with Crippen molar-refractivity contribution in [3.05, 3.63) is 17.7 Å². The third-order valence-corrected chi connectivity index (χ3v) is 2.32. The standard InChI is InChI=1S/C12H20F2N4/c1-4-5-15-11-9(13)8-10(14)12(17-11)16-6-7-18(2)3/h8H,4-7H2,1-3H3,(H2,15,16,17). The largest absolute Gasteiger partial charge is 0.368 e. The Kier molecular flexibility index (Phi) is 5.77. The van der Waals surface area contributed by atoms with Crippen LogP contribution in [0.4, 0.5) is 20.4 Å². The summed E-state index contributed by atoms with van der Waals surface area (Å²) in [7, 11) is 3.84. The van der Waals surface area contributed by atoms with Gasteiger partial charge in [0.15, 0.2) is 23.3 Å². The Balaban J connectivity index is 2.71. The van der Waals surface area contributed by atoms with Gasteiger partial charge in [-0.25, -0.2) is 13.8 Å². The van der Waals surface area contributed by atoms with Gasteiger partial charge in [-0.1, -0.05) is 6.92 Å². The maximum atomic E-state index is 13.5. The zero-order chi connectivity index (χ0) is 13.5. The van der Waals surface area contributed by atoms with Crippen molar-refractivity contribution >= 4 is 11.6 Å². The van der Waals surface area contributed by atoms with Crippen LogP contribution in [0.1, 0.15) is 13.3 Å². The van der Waals surface area contributed by atoms with Crippen molar-refractivity contribution in [1.29, 1.82) is 0 Å². The molecule has 1 aromatic heterocycles. The van der Waals surface area contributed by atoms with Gasteiger partial charge in [0, 0.05) is 25.7 Å². The van der Waals surface area contributed by atoms with Crippen LogP contribution in [0.15, 0.2) is 6.07 Å². The van der Waals surface area contributed by atoms with Gasteiger partial charge in [-0.05, 0) is 20.5 Å². The first-order valence-electron chi connectivity index (χ1n) is 6.03. The molecule has 0 radical (unpaired) electrons. The summed E-state index contributed by atoms with van der Waals surface area (Å²) in [6.45, 7) is 3.86. The lowest BCUT2D eigenvalue weighted by Crippen LogP contribution is -2.21. The van der Waals surface area contributed by atoms with Crippen LogP contribution in [0.5, 0.6) is 0 Å². The predicted molar refractivity (Wildman–Crippen MR) is 70.0 cm³/mol. The van der Waals surface area contributed by atoms with Crippen LogP contribution in [0.2, 0.25) is 0 Å². The summed E-state index contributed by atoms with van der Waals surface area (Å²) in [5.41, 5.74) is 0. The van der Waals surface area contributed by atoms with E-state index in [1.54, 1.807) is 0 Å². The van der Waals surface area contributed by atoms with Crippen molar-refractivity contribution in [1.82, 2.24) is 9.88 Å². The Morgan fingerprint density at radius 2 is 1.67 bits per heavy atom. The molecular formula is C12H20F2N4. The predicted octanol–water partition coefficient (Wildman–Crippen LogP) is 2.16. The number of aromatic nitrogens is 1. The molecule has 1 aromatic rings. The minimum Gasteiger partial charge on any atom is -0.368 e. The maximum absolute atomic E-state index is 13.5. The van der Waals surface area contributed by atoms with Crippen molar-refractivity contribution < 1.29 is 8.78 Å². The van der Waals surface area contributed by atoms with Crippen LogP contribution in [-0.2, 0) is 0 Å². The molecule has 2 N–H and O–H groups in total. The van der Waals surface area contributed by atoms with Crippen molar-refractivity contribution in [3.63, 3.8) is 0 Å². The van der Waals surface area contributed by atoms with Crippen molar-refractivity contribution in [2.24, 2.45) is 0 Å². The van der Waals surface area contributed by atoms with E-state index in [1.165, 1.54) is 0 Å². The molecule has 0 aromatic carbocycles. The maximum Gasteiger partial charge on any atom is 0.168 e. The van der Waals surface area contributed by atoms with E-state index in [2.05, 4.69) is 15.6 Å². The van der Waals surface area contributed by atoms with E-state index in [4.69, 9.17) is 0 Å². The van der Waals surface area contributed by atoms with E-state index in [0.29, 0.717) is 13.1 Å². The second-order valence-corrected chi connectivity index (χ2v) is 4.31. The zero-order valence-corrected chi connectivity index (χ0v) is 11.1. The van der Waals surface area contributed by atoms with Crippen LogP contribution < -0.4 is 10.6 Å². The van der Waals surface area contributed by atoms with E-state index < -0.39 is 11.6 Å². The van der Waals surface area contributed by atoms with Crippen LogP contribution >= 0.6 is 0 Å². The topological polar surface area (TPSA) is 40.2 Å². The van der Waals surface area contributed by atoms with Crippen LogP contribution in [0, 0.1) is 11.6 Å². The van der Waals surface area contributed by atoms with E-state index in [-0.39, 0.29) is 11.6 Å². The molecule has 0 saturated heterocycles. The molecule has 6 heteroatoms. The number of nitrogens with zero attached hydrogens (tertiary/aromatic N) is 2. The highest BCUT2D eigenvalue weighted by Crippen LogP contribution is 2.18. The molecule has 0 aliphatic carbocycles. The number of nitrogens with one attached hydrogen (secondary N) is 2. The molecule has 0 aliphatic heterocycles. The smallest absolute Gasteiger partial charge is 0.168 e. The molecule has 1 heterocycles. The summed E-state index contributed by atoms with van der Waals surface area (Å²) in [6, 6.07) is 0.850. The second kappa shape index (κ2) is 7.10. The van der Waals surface area contributed by atoms with Gasteiger partial charge in [0.2, 0.25) is 0 Å². The fraction of sp³-hybridized carbons (Fsp3) is 0.583. The molecule has 102 valence electrons. The highest BCUT2D eigenvalue weighted by molar-refractivity contribution is 5.47. The minimum atomic E-state index is -0.673. The van der Waals surface area contributed by atoms with Crippen LogP contribution in [0.25, 0.3) is 0 Å². The lowest BCUT2D eigenvalue weighted by molar-refractivity contribution is 0.424. The molecule has 0 bridgehead atoms. The molecule has 0 unspecified atom stereocenters. The van der Waals surface area contributed by atoms with Gasteiger partial charge in [-0.15, -0.1) is 0 Å². The lowest BCUT2D eigenvalue weighted by Gasteiger charge is -2.13. The van der Waals surface area contributed by atoms with Gasteiger partial charge in [-0.2, -0.15) is 0 Å². The Morgan fingerprint density at radius 1 is 1.11 bits per heavy atom. The number of hydrogen-bond donors (Lipinski definition) is 2. The molecule has 0 spiro atoms. The Hall–Kier alpha value is -1.43. The van der Waals surface area contributed by atoms with Gasteiger partial charge in [-0.3, -0.25) is 0 Å². The van der Waals surface area contributed by atoms with Crippen molar-refractivity contribution in [2.45, 2.75) is 13.3 Å². The summed E-state index contributed by atoms with van der Waals surface area (Å²) < 4.78 is 26.9. The molecule has 18 heavy (non-hydrogen) atoms. The molecule has 4 nitrogen and oxygen atoms in total. The molecule has 0 amide bonds. The first-order chi connectivity index (χ1) is 8.54. The van der Waals surface area contributed by atoms with Crippen molar-refractivity contribution in [2.75, 3.05) is 44.4 Å². The lowest BCUT2D eigenvalue weighted by atomic mass is 10.3. The summed E-state index contributed by atoms with van der Waals surface area (Å²) in [6.07, 6.45) is 0.849. The first-order valence-corrected chi connectivity index (χ1v) is 6.03. The average molecular weight is 258 g/mol. The Morgan fingerprint density at radius 3 is 2.17 bits per heavy atom. The summed E-state index contributed by atoms with van der Waals surface area (Å²) in [5, 5.41) is 5.68. The fourth-order valence-electron chi connectivity index (χ4n) is 1.36. The normalized spacial score (nSPS) is 10.8. The van der Waals surface area contributed by atoms with Crippen LogP contribution in [0.3, 0.4) is 0 Å². The fourth-order valence-corrected chi connectivity index (χ4v) is 1.36. The molecule has 0 saturated carbocycles. The van der Waals surface area contributed by atoms with Gasteiger partial charge < -0.3 is 15.5 Å². The number of hydrogen-bond acceptors (Lipinski definition) is 4. The Labute approximate surface area is 106 Å². The minimum absolute atomic E-state index is 0.0804. The van der Waals surface area contributed by atoms with Crippen molar-refractivity contribution in [3.8, 4) is 0 Å². The third-order valence-electron chi connectivity index (χ3n) is 2.32. The molecule has 0 atom stereocenters. The third kappa shape index (κ3) is 4.44. The SMILES string of the molecule is CCCNc1nc(NCCN(C)C)c(F)cc1F. The quantitative estimate of drug-likeness (QED) is 0.786. The van der Waals surface area contributed by atoms with Gasteiger partial charge >= 0.3 is 0 Å². The van der Waals surface area contributed by atoms with E-state index >= 15 is 0 Å². The molecule has 1 rings (SSSR count). The molecular weight excluding hydrogens is 238 g/mol. The second-order valence-electron chi connectivity index (χ2n) is 4.31. The highest BCUT2D eigenvalue weighted by Gasteiger charge is 2.11. The van der Waals surface area contributed by atoms with Gasteiger partial charge in [0.1, 0.15) is 0 Å². The van der Waals surface area contributed by atoms with Gasteiger partial charge in [0.05, 0.1) is 0 Å². The summed E-state index contributed by atoms with van der Waals surface area (Å²) >= 11 is 0. The molecule has 0 aliphatic rings. The monoisotopic (exact) mass is 258 g/mol. The summed E-state index contributed by atoms with van der Waals surface area (Å²) in [4.78, 5) is 5.88. The number of rotatable bonds is 7. The highest BCUT2D eigenvalue weighted by atomic mass is 19.1. The number of anilines is 2. The van der Waals surface area contributed by atoms with Gasteiger partial charge in [0.25, 0.3) is 0 Å². The number of likely N-dealkylation sites (N-methyl/N-ethyl adjacent to an activating group) is 1. The van der Waals surface area contributed by atoms with Crippen LogP contribution in [-0.4, -0.2) is 43.6 Å². The zero-order valence-electron chi connectivity index (χ0n) is 11.1. The Bertz CT molecular complexity index is 383. The van der Waals surface area contributed by atoms with E-state index in [0.717, 1.165) is 19.0 Å². The van der Waals surface area contributed by atoms with E-state index in [1.807, 2.05) is 25.9 Å². The van der Waals surface area contributed by atoms with E-state index in [9.17, 15) is 8.78 Å². The molecule has 0 fully saturated rings. The first kappa shape index (κ1) is 14.6. The summed E-state index contributed by atoms with van der Waals surface area (Å²) in [5.74, 6) is -1.17. The average Bonchev–Trinajstić information content (AvgIpc) is 2.30. The number of halogens is 2.